The Labute approximate surface area is 161 Å². The topological polar surface area (TPSA) is 194 Å². The Balaban J connectivity index is 4.37. The number of nitrogens with two attached hydrogens (primary N) is 2. The van der Waals surface area contributed by atoms with Gasteiger partial charge in [0.05, 0.1) is 12.6 Å². The van der Waals surface area contributed by atoms with Crippen molar-refractivity contribution in [2.75, 3.05) is 18.6 Å². The molecule has 0 spiro atoms. The van der Waals surface area contributed by atoms with E-state index in [2.05, 4.69) is 16.0 Å². The lowest BCUT2D eigenvalue weighted by molar-refractivity contribution is -0.142. The molecule has 0 radical (unpaired) electrons. The molecule has 0 heterocycles. The second-order valence-corrected chi connectivity index (χ2v) is 6.78. The van der Waals surface area contributed by atoms with E-state index in [9.17, 15) is 24.0 Å². The molecule has 4 amide bonds. The summed E-state index contributed by atoms with van der Waals surface area (Å²) in [6.07, 6.45) is 1.98. The first kappa shape index (κ1) is 24.7. The monoisotopic (exact) mass is 405 g/mol. The van der Waals surface area contributed by atoms with E-state index in [4.69, 9.17) is 16.6 Å². The fourth-order valence-corrected chi connectivity index (χ4v) is 2.36. The zero-order chi connectivity index (χ0) is 21.0. The van der Waals surface area contributed by atoms with Gasteiger partial charge in [-0.25, -0.2) is 4.79 Å². The predicted octanol–water partition coefficient (Wildman–Crippen LogP) is -2.48. The maximum absolute atomic E-state index is 11.9. The smallest absolute Gasteiger partial charge is 0.326 e. The molecule has 0 aliphatic carbocycles. The lowest BCUT2D eigenvalue weighted by Crippen LogP contribution is -2.52. The van der Waals surface area contributed by atoms with Gasteiger partial charge in [-0.15, -0.1) is 0 Å². The average molecular weight is 405 g/mol. The molecule has 0 aliphatic rings. The van der Waals surface area contributed by atoms with Crippen LogP contribution in [0.4, 0.5) is 0 Å². The van der Waals surface area contributed by atoms with Gasteiger partial charge < -0.3 is 32.5 Å². The van der Waals surface area contributed by atoms with E-state index in [1.165, 1.54) is 6.92 Å². The second-order valence-electron chi connectivity index (χ2n) is 5.80. The van der Waals surface area contributed by atoms with Crippen LogP contribution in [-0.2, 0) is 24.0 Å². The highest BCUT2D eigenvalue weighted by Gasteiger charge is 2.22. The van der Waals surface area contributed by atoms with Crippen LogP contribution in [-0.4, -0.2) is 71.4 Å². The molecule has 0 saturated carbocycles. The van der Waals surface area contributed by atoms with Gasteiger partial charge >= 0.3 is 5.97 Å². The van der Waals surface area contributed by atoms with E-state index in [-0.39, 0.29) is 12.8 Å². The number of carboxylic acids is 1. The van der Waals surface area contributed by atoms with E-state index >= 15 is 0 Å². The maximum Gasteiger partial charge on any atom is 0.326 e. The van der Waals surface area contributed by atoms with E-state index in [1.807, 2.05) is 6.26 Å². The van der Waals surface area contributed by atoms with Crippen LogP contribution in [0.15, 0.2) is 0 Å². The molecule has 154 valence electrons. The number of carbonyl (C=O) groups excluding carboxylic acids is 4. The Morgan fingerprint density at radius 3 is 2.22 bits per heavy atom. The minimum absolute atomic E-state index is 0.162. The Hall–Kier alpha value is -2.34. The third-order valence-electron chi connectivity index (χ3n) is 3.46. The molecule has 0 unspecified atom stereocenters. The molecule has 0 aromatic carbocycles. The maximum atomic E-state index is 11.9. The molecular formula is C15H27N5O6S. The number of aliphatic carboxylic acids is 1. The summed E-state index contributed by atoms with van der Waals surface area (Å²) < 4.78 is 0. The highest BCUT2D eigenvalue weighted by atomic mass is 32.2. The summed E-state index contributed by atoms with van der Waals surface area (Å²) in [5.74, 6) is -3.17. The largest absolute Gasteiger partial charge is 0.480 e. The number of carboxylic acid groups (broad SMARTS) is 1. The summed E-state index contributed by atoms with van der Waals surface area (Å²) in [5, 5.41) is 15.9. The number of hydrogen-bond donors (Lipinski definition) is 6. The van der Waals surface area contributed by atoms with Crippen molar-refractivity contribution in [1.29, 1.82) is 0 Å². The van der Waals surface area contributed by atoms with E-state index in [1.54, 1.807) is 11.8 Å². The first-order valence-electron chi connectivity index (χ1n) is 8.21. The van der Waals surface area contributed by atoms with E-state index in [0.29, 0.717) is 12.2 Å². The summed E-state index contributed by atoms with van der Waals surface area (Å²) in [4.78, 5) is 57.3. The van der Waals surface area contributed by atoms with Crippen LogP contribution in [0.25, 0.3) is 0 Å². The van der Waals surface area contributed by atoms with E-state index in [0.717, 1.165) is 0 Å². The molecule has 0 fully saturated rings. The van der Waals surface area contributed by atoms with Gasteiger partial charge in [0.15, 0.2) is 0 Å². The van der Waals surface area contributed by atoms with Gasteiger partial charge in [0.25, 0.3) is 0 Å². The highest BCUT2D eigenvalue weighted by Crippen LogP contribution is 1.99. The summed E-state index contributed by atoms with van der Waals surface area (Å²) in [6.45, 7) is 0.942. The van der Waals surface area contributed by atoms with Gasteiger partial charge in [0.1, 0.15) is 12.1 Å². The van der Waals surface area contributed by atoms with Crippen molar-refractivity contribution in [3.8, 4) is 0 Å². The molecule has 0 aliphatic heterocycles. The standard InChI is InChI=1S/C15H27N5O6S/c1-8(19-14(24)9(16)5-6-27-2)13(23)18-7-12(22)20-10(15(25)26)3-4-11(17)21/h8-10H,3-7,16H2,1-2H3,(H2,17,21)(H,18,23)(H,19,24)(H,20,22)(H,25,26)/t8-,9-,10-/m0/s1. The number of thioether (sulfide) groups is 1. The average Bonchev–Trinajstić information content (AvgIpc) is 2.60. The number of primary amides is 1. The lowest BCUT2D eigenvalue weighted by Gasteiger charge is -2.18. The lowest BCUT2D eigenvalue weighted by atomic mass is 10.1. The number of amides is 4. The summed E-state index contributed by atoms with van der Waals surface area (Å²) in [7, 11) is 0. The van der Waals surface area contributed by atoms with Crippen LogP contribution in [0.1, 0.15) is 26.2 Å². The quantitative estimate of drug-likeness (QED) is 0.194. The highest BCUT2D eigenvalue weighted by molar-refractivity contribution is 7.98. The van der Waals surface area contributed by atoms with Crippen molar-refractivity contribution in [1.82, 2.24) is 16.0 Å². The van der Waals surface area contributed by atoms with Crippen LogP contribution in [0.5, 0.6) is 0 Å². The Morgan fingerprint density at radius 1 is 1.07 bits per heavy atom. The first-order chi connectivity index (χ1) is 12.6. The van der Waals surface area contributed by atoms with Crippen LogP contribution in [0.3, 0.4) is 0 Å². The SMILES string of the molecule is CSCC[C@H](N)C(=O)N[C@@H](C)C(=O)NCC(=O)N[C@@H](CCC(N)=O)C(=O)O. The molecule has 8 N–H and O–H groups in total. The zero-order valence-electron chi connectivity index (χ0n) is 15.3. The fourth-order valence-electron chi connectivity index (χ4n) is 1.87. The van der Waals surface area contributed by atoms with E-state index < -0.39 is 54.3 Å². The number of carbonyl (C=O) groups is 5. The number of rotatable bonds is 13. The molecule has 0 saturated heterocycles. The molecule has 0 aromatic heterocycles. The van der Waals surface area contributed by atoms with Gasteiger partial charge in [-0.1, -0.05) is 0 Å². The Kier molecular flexibility index (Phi) is 11.8. The first-order valence-corrected chi connectivity index (χ1v) is 9.60. The Morgan fingerprint density at radius 2 is 1.70 bits per heavy atom. The van der Waals surface area contributed by atoms with Crippen LogP contribution < -0.4 is 27.4 Å². The Bertz CT molecular complexity index is 559. The van der Waals surface area contributed by atoms with Crippen molar-refractivity contribution in [3.63, 3.8) is 0 Å². The molecule has 0 aromatic rings. The van der Waals surface area contributed by atoms with Gasteiger partial charge in [-0.05, 0) is 31.8 Å². The van der Waals surface area contributed by atoms with Gasteiger partial charge in [-0.2, -0.15) is 11.8 Å². The molecular weight excluding hydrogens is 378 g/mol. The van der Waals surface area contributed by atoms with Crippen LogP contribution in [0.2, 0.25) is 0 Å². The third-order valence-corrected chi connectivity index (χ3v) is 4.10. The van der Waals surface area contributed by atoms with Gasteiger partial charge in [-0.3, -0.25) is 19.2 Å². The van der Waals surface area contributed by atoms with Gasteiger partial charge in [0, 0.05) is 6.42 Å². The van der Waals surface area contributed by atoms with Crippen molar-refractivity contribution in [3.05, 3.63) is 0 Å². The molecule has 0 bridgehead atoms. The number of hydrogen-bond acceptors (Lipinski definition) is 7. The second kappa shape index (κ2) is 12.9. The number of nitrogens with one attached hydrogen (secondary N) is 3. The fraction of sp³-hybridized carbons (Fsp3) is 0.667. The zero-order valence-corrected chi connectivity index (χ0v) is 16.1. The third kappa shape index (κ3) is 11.1. The van der Waals surface area contributed by atoms with Gasteiger partial charge in [0.2, 0.25) is 23.6 Å². The molecule has 0 rings (SSSR count). The van der Waals surface area contributed by atoms with Crippen molar-refractivity contribution in [2.24, 2.45) is 11.5 Å². The minimum Gasteiger partial charge on any atom is -0.480 e. The van der Waals surface area contributed by atoms with Crippen molar-refractivity contribution in [2.45, 2.75) is 44.3 Å². The minimum atomic E-state index is -1.32. The van der Waals surface area contributed by atoms with Crippen molar-refractivity contribution < 1.29 is 29.1 Å². The molecule has 12 heteroatoms. The van der Waals surface area contributed by atoms with Crippen LogP contribution in [0, 0.1) is 0 Å². The van der Waals surface area contributed by atoms with Crippen LogP contribution >= 0.6 is 11.8 Å². The predicted molar refractivity (Wildman–Crippen MR) is 99.6 cm³/mol. The summed E-state index contributed by atoms with van der Waals surface area (Å²) in [6, 6.07) is -2.96. The van der Waals surface area contributed by atoms with Crippen molar-refractivity contribution >= 4 is 41.4 Å². The summed E-state index contributed by atoms with van der Waals surface area (Å²) >= 11 is 1.54. The normalized spacial score (nSPS) is 13.7. The molecule has 11 nitrogen and oxygen atoms in total. The molecule has 3 atom stereocenters. The summed E-state index contributed by atoms with van der Waals surface area (Å²) in [5.41, 5.74) is 10.6. The molecule has 27 heavy (non-hydrogen) atoms.